The van der Waals surface area contributed by atoms with Gasteiger partial charge >= 0.3 is 5.97 Å². The maximum Gasteiger partial charge on any atom is 0.341 e. The van der Waals surface area contributed by atoms with Gasteiger partial charge in [0.2, 0.25) is 0 Å². The van der Waals surface area contributed by atoms with Gasteiger partial charge in [0.05, 0.1) is 18.5 Å². The van der Waals surface area contributed by atoms with E-state index in [0.29, 0.717) is 23.7 Å². The van der Waals surface area contributed by atoms with Gasteiger partial charge in [0.1, 0.15) is 11.4 Å². The van der Waals surface area contributed by atoms with Crippen LogP contribution >= 0.6 is 0 Å². The Kier molecular flexibility index (Phi) is 6.94. The first-order chi connectivity index (χ1) is 10.0. The van der Waals surface area contributed by atoms with E-state index in [1.807, 2.05) is 0 Å². The van der Waals surface area contributed by atoms with E-state index in [0.717, 1.165) is 19.6 Å². The molecule has 1 aromatic rings. The Labute approximate surface area is 126 Å². The fourth-order valence-electron chi connectivity index (χ4n) is 2.11. The lowest BCUT2D eigenvalue weighted by atomic mass is 10.2. The molecule has 0 fully saturated rings. The van der Waals surface area contributed by atoms with Crippen molar-refractivity contribution in [2.45, 2.75) is 33.7 Å². The van der Waals surface area contributed by atoms with Gasteiger partial charge in [-0.3, -0.25) is 0 Å². The molecule has 0 bridgehead atoms. The molecule has 0 saturated carbocycles. The van der Waals surface area contributed by atoms with Crippen LogP contribution < -0.4 is 11.1 Å². The molecule has 0 aliphatic rings. The summed E-state index contributed by atoms with van der Waals surface area (Å²) in [6, 6.07) is 1.76. The van der Waals surface area contributed by atoms with Crippen LogP contribution in [0.15, 0.2) is 12.3 Å². The highest BCUT2D eigenvalue weighted by atomic mass is 16.5. The standard InChI is InChI=1S/C15H26N4O2/c1-5-19(6-2)10-11(4)18-14-13(15(20)21-7-3)8-12(16)9-17-14/h8-9,11H,5-7,10,16H2,1-4H3,(H,17,18). The number of likely N-dealkylation sites (N-methyl/N-ethyl adjacent to an activating group) is 1. The molecule has 6 heteroatoms. The molecule has 21 heavy (non-hydrogen) atoms. The Bertz CT molecular complexity index is 461. The van der Waals surface area contributed by atoms with Crippen LogP contribution in [0.5, 0.6) is 0 Å². The molecular formula is C15H26N4O2. The zero-order valence-electron chi connectivity index (χ0n) is 13.3. The number of esters is 1. The predicted octanol–water partition coefficient (Wildman–Crippen LogP) is 1.98. The first-order valence-electron chi connectivity index (χ1n) is 7.43. The molecule has 0 spiro atoms. The minimum Gasteiger partial charge on any atom is -0.462 e. The van der Waals surface area contributed by atoms with Crippen LogP contribution in [0.2, 0.25) is 0 Å². The van der Waals surface area contributed by atoms with Crippen molar-refractivity contribution in [2.24, 2.45) is 0 Å². The molecule has 0 amide bonds. The Hall–Kier alpha value is -1.82. The van der Waals surface area contributed by atoms with E-state index in [9.17, 15) is 4.79 Å². The van der Waals surface area contributed by atoms with Gasteiger partial charge in [0.15, 0.2) is 0 Å². The van der Waals surface area contributed by atoms with E-state index in [1.54, 1.807) is 13.0 Å². The maximum atomic E-state index is 12.0. The van der Waals surface area contributed by atoms with Gasteiger partial charge in [-0.15, -0.1) is 0 Å². The highest BCUT2D eigenvalue weighted by molar-refractivity contribution is 5.95. The summed E-state index contributed by atoms with van der Waals surface area (Å²) >= 11 is 0. The number of aromatic nitrogens is 1. The number of hydrogen-bond donors (Lipinski definition) is 2. The Balaban J connectivity index is 2.84. The number of carbonyl (C=O) groups excluding carboxylic acids is 1. The number of nitrogens with one attached hydrogen (secondary N) is 1. The van der Waals surface area contributed by atoms with Crippen molar-refractivity contribution in [3.8, 4) is 0 Å². The number of carbonyl (C=O) groups is 1. The van der Waals surface area contributed by atoms with Gasteiger partial charge in [0.25, 0.3) is 0 Å². The molecule has 0 saturated heterocycles. The molecule has 1 aromatic heterocycles. The summed E-state index contributed by atoms with van der Waals surface area (Å²) in [5, 5.41) is 3.27. The molecule has 6 nitrogen and oxygen atoms in total. The van der Waals surface area contributed by atoms with Crippen LogP contribution in [-0.4, -0.2) is 48.1 Å². The third-order valence-corrected chi connectivity index (χ3v) is 3.21. The van der Waals surface area contributed by atoms with E-state index in [1.165, 1.54) is 6.20 Å². The molecule has 0 aliphatic heterocycles. The molecule has 1 unspecified atom stereocenters. The monoisotopic (exact) mass is 294 g/mol. The van der Waals surface area contributed by atoms with Crippen LogP contribution in [-0.2, 0) is 4.74 Å². The number of nitrogens with zero attached hydrogens (tertiary/aromatic N) is 2. The Morgan fingerprint density at radius 2 is 2.10 bits per heavy atom. The normalized spacial score (nSPS) is 12.2. The summed E-state index contributed by atoms with van der Waals surface area (Å²) in [4.78, 5) is 18.5. The first-order valence-corrected chi connectivity index (χ1v) is 7.43. The summed E-state index contributed by atoms with van der Waals surface area (Å²) in [6.45, 7) is 11.3. The molecule has 1 rings (SSSR count). The van der Waals surface area contributed by atoms with Crippen molar-refractivity contribution in [1.29, 1.82) is 0 Å². The van der Waals surface area contributed by atoms with Crippen LogP contribution in [0.4, 0.5) is 11.5 Å². The second-order valence-electron chi connectivity index (χ2n) is 4.92. The van der Waals surface area contributed by atoms with Crippen molar-refractivity contribution in [1.82, 2.24) is 9.88 Å². The summed E-state index contributed by atoms with van der Waals surface area (Å²) in [5.74, 6) is 0.108. The summed E-state index contributed by atoms with van der Waals surface area (Å²) in [5.41, 5.74) is 6.53. The fourth-order valence-corrected chi connectivity index (χ4v) is 2.11. The average molecular weight is 294 g/mol. The minimum atomic E-state index is -0.408. The number of hydrogen-bond acceptors (Lipinski definition) is 6. The van der Waals surface area contributed by atoms with Crippen LogP contribution in [0.3, 0.4) is 0 Å². The molecule has 1 heterocycles. The summed E-state index contributed by atoms with van der Waals surface area (Å²) < 4.78 is 5.04. The Morgan fingerprint density at radius 3 is 2.67 bits per heavy atom. The largest absolute Gasteiger partial charge is 0.462 e. The SMILES string of the molecule is CCOC(=O)c1cc(N)cnc1NC(C)CN(CC)CC. The lowest BCUT2D eigenvalue weighted by molar-refractivity contribution is 0.0527. The van der Waals surface area contributed by atoms with Crippen LogP contribution in [0.1, 0.15) is 38.1 Å². The van der Waals surface area contributed by atoms with E-state index in [-0.39, 0.29) is 6.04 Å². The third kappa shape index (κ3) is 5.23. The molecular weight excluding hydrogens is 268 g/mol. The van der Waals surface area contributed by atoms with E-state index < -0.39 is 5.97 Å². The second-order valence-corrected chi connectivity index (χ2v) is 4.92. The lowest BCUT2D eigenvalue weighted by Crippen LogP contribution is -2.35. The van der Waals surface area contributed by atoms with E-state index in [4.69, 9.17) is 10.5 Å². The first kappa shape index (κ1) is 17.2. The topological polar surface area (TPSA) is 80.5 Å². The smallest absolute Gasteiger partial charge is 0.341 e. The second kappa shape index (κ2) is 8.46. The molecule has 0 aromatic carbocycles. The van der Waals surface area contributed by atoms with Crippen molar-refractivity contribution in [3.63, 3.8) is 0 Å². The summed E-state index contributed by atoms with van der Waals surface area (Å²) in [6.07, 6.45) is 1.54. The van der Waals surface area contributed by atoms with Crippen LogP contribution in [0, 0.1) is 0 Å². The summed E-state index contributed by atoms with van der Waals surface area (Å²) in [7, 11) is 0. The van der Waals surface area contributed by atoms with Gasteiger partial charge in [-0.2, -0.15) is 0 Å². The number of nitrogens with two attached hydrogens (primary N) is 1. The Morgan fingerprint density at radius 1 is 1.43 bits per heavy atom. The van der Waals surface area contributed by atoms with Crippen molar-refractivity contribution < 1.29 is 9.53 Å². The average Bonchev–Trinajstić information content (AvgIpc) is 2.46. The zero-order chi connectivity index (χ0) is 15.8. The number of anilines is 2. The van der Waals surface area contributed by atoms with Gasteiger partial charge in [-0.25, -0.2) is 9.78 Å². The molecule has 118 valence electrons. The van der Waals surface area contributed by atoms with Crippen molar-refractivity contribution >= 4 is 17.5 Å². The molecule has 1 atom stereocenters. The van der Waals surface area contributed by atoms with E-state index in [2.05, 4.69) is 36.0 Å². The highest BCUT2D eigenvalue weighted by Crippen LogP contribution is 2.18. The zero-order valence-corrected chi connectivity index (χ0v) is 13.3. The van der Waals surface area contributed by atoms with Gasteiger partial charge < -0.3 is 20.7 Å². The van der Waals surface area contributed by atoms with Gasteiger partial charge in [-0.05, 0) is 33.0 Å². The fraction of sp³-hybridized carbons (Fsp3) is 0.600. The highest BCUT2D eigenvalue weighted by Gasteiger charge is 2.17. The molecule has 0 radical (unpaired) electrons. The van der Waals surface area contributed by atoms with Gasteiger partial charge in [-0.1, -0.05) is 13.8 Å². The molecule has 3 N–H and O–H groups in total. The van der Waals surface area contributed by atoms with E-state index >= 15 is 0 Å². The molecule has 0 aliphatic carbocycles. The number of nitrogen functional groups attached to an aromatic ring is 1. The number of ether oxygens (including phenoxy) is 1. The minimum absolute atomic E-state index is 0.161. The van der Waals surface area contributed by atoms with Crippen molar-refractivity contribution in [2.75, 3.05) is 37.3 Å². The van der Waals surface area contributed by atoms with Crippen molar-refractivity contribution in [3.05, 3.63) is 17.8 Å². The van der Waals surface area contributed by atoms with Gasteiger partial charge in [0, 0.05) is 12.6 Å². The number of pyridine rings is 1. The quantitative estimate of drug-likeness (QED) is 0.714. The number of rotatable bonds is 8. The maximum absolute atomic E-state index is 12.0. The predicted molar refractivity (Wildman–Crippen MR) is 85.5 cm³/mol. The van der Waals surface area contributed by atoms with Crippen LogP contribution in [0.25, 0.3) is 0 Å². The lowest BCUT2D eigenvalue weighted by Gasteiger charge is -2.24. The third-order valence-electron chi connectivity index (χ3n) is 3.21.